The molecule has 1 saturated heterocycles. The van der Waals surface area contributed by atoms with E-state index in [1.165, 1.54) is 30.2 Å². The van der Waals surface area contributed by atoms with Gasteiger partial charge in [0.25, 0.3) is 0 Å². The lowest BCUT2D eigenvalue weighted by Crippen LogP contribution is -2.34. The molecule has 0 aliphatic carbocycles. The summed E-state index contributed by atoms with van der Waals surface area (Å²) in [7, 11) is -3.18. The Morgan fingerprint density at radius 1 is 1.40 bits per heavy atom. The van der Waals surface area contributed by atoms with Crippen LogP contribution in [-0.2, 0) is 22.9 Å². The zero-order valence-electron chi connectivity index (χ0n) is 12.1. The molecule has 1 fully saturated rings. The molecule has 20 heavy (non-hydrogen) atoms. The monoisotopic (exact) mass is 294 g/mol. The predicted octanol–water partition coefficient (Wildman–Crippen LogP) is 1.69. The maximum Gasteiger partial charge on any atom is 0.232 e. The van der Waals surface area contributed by atoms with Crippen LogP contribution in [0, 0.1) is 0 Å². The molecular formula is C15H22N2O2S. The van der Waals surface area contributed by atoms with E-state index in [9.17, 15) is 8.42 Å². The SMILES string of the molecule is CC1Cc2cc(CC3CCCN3)ccc2N1S(C)(=O)=O. The molecule has 0 amide bonds. The summed E-state index contributed by atoms with van der Waals surface area (Å²) in [5, 5.41) is 3.51. The van der Waals surface area contributed by atoms with Gasteiger partial charge in [0.1, 0.15) is 0 Å². The molecule has 110 valence electrons. The molecule has 2 aliphatic rings. The molecular weight excluding hydrogens is 272 g/mol. The Kier molecular flexibility index (Phi) is 3.50. The topological polar surface area (TPSA) is 49.4 Å². The van der Waals surface area contributed by atoms with Crippen molar-refractivity contribution in [2.24, 2.45) is 0 Å². The molecule has 5 heteroatoms. The van der Waals surface area contributed by atoms with E-state index in [4.69, 9.17) is 0 Å². The molecule has 0 bridgehead atoms. The van der Waals surface area contributed by atoms with Gasteiger partial charge in [0.15, 0.2) is 0 Å². The second kappa shape index (κ2) is 5.04. The number of hydrogen-bond donors (Lipinski definition) is 1. The van der Waals surface area contributed by atoms with E-state index in [2.05, 4.69) is 17.4 Å². The van der Waals surface area contributed by atoms with Crippen LogP contribution < -0.4 is 9.62 Å². The first-order chi connectivity index (χ1) is 9.45. The largest absolute Gasteiger partial charge is 0.314 e. The summed E-state index contributed by atoms with van der Waals surface area (Å²) in [4.78, 5) is 0. The molecule has 2 aliphatic heterocycles. The van der Waals surface area contributed by atoms with Gasteiger partial charge in [0.2, 0.25) is 10.0 Å². The number of benzene rings is 1. The number of anilines is 1. The van der Waals surface area contributed by atoms with Crippen LogP contribution in [0.3, 0.4) is 0 Å². The zero-order chi connectivity index (χ0) is 14.3. The first-order valence-corrected chi connectivity index (χ1v) is 9.14. The third kappa shape index (κ3) is 2.56. The molecule has 0 saturated carbocycles. The van der Waals surface area contributed by atoms with E-state index < -0.39 is 10.0 Å². The van der Waals surface area contributed by atoms with Crippen LogP contribution in [0.15, 0.2) is 18.2 Å². The van der Waals surface area contributed by atoms with Gasteiger partial charge >= 0.3 is 0 Å². The van der Waals surface area contributed by atoms with Gasteiger partial charge in [0, 0.05) is 12.1 Å². The minimum absolute atomic E-state index is 0.0276. The molecule has 0 aromatic heterocycles. The van der Waals surface area contributed by atoms with E-state index >= 15 is 0 Å². The Hall–Kier alpha value is -1.07. The van der Waals surface area contributed by atoms with Gasteiger partial charge in [-0.2, -0.15) is 0 Å². The van der Waals surface area contributed by atoms with Crippen molar-refractivity contribution in [3.63, 3.8) is 0 Å². The number of rotatable bonds is 3. The molecule has 2 unspecified atom stereocenters. The molecule has 1 aromatic rings. The summed E-state index contributed by atoms with van der Waals surface area (Å²) < 4.78 is 25.3. The first-order valence-electron chi connectivity index (χ1n) is 7.30. The highest BCUT2D eigenvalue weighted by molar-refractivity contribution is 7.92. The summed E-state index contributed by atoms with van der Waals surface area (Å²) in [6, 6.07) is 6.86. The van der Waals surface area contributed by atoms with Gasteiger partial charge in [-0.15, -0.1) is 0 Å². The van der Waals surface area contributed by atoms with Crippen molar-refractivity contribution in [2.75, 3.05) is 17.1 Å². The zero-order valence-corrected chi connectivity index (χ0v) is 12.9. The van der Waals surface area contributed by atoms with Crippen molar-refractivity contribution >= 4 is 15.7 Å². The lowest BCUT2D eigenvalue weighted by Gasteiger charge is -2.22. The molecule has 4 nitrogen and oxygen atoms in total. The van der Waals surface area contributed by atoms with Crippen LogP contribution in [-0.4, -0.2) is 33.3 Å². The lowest BCUT2D eigenvalue weighted by atomic mass is 10.0. The normalized spacial score (nSPS) is 26.0. The van der Waals surface area contributed by atoms with Crippen LogP contribution in [0.1, 0.15) is 30.9 Å². The number of sulfonamides is 1. The summed E-state index contributed by atoms with van der Waals surface area (Å²) >= 11 is 0. The Bertz CT molecular complexity index is 606. The molecule has 2 atom stereocenters. The number of fused-ring (bicyclic) bond motifs is 1. The van der Waals surface area contributed by atoms with Crippen molar-refractivity contribution in [1.82, 2.24) is 5.32 Å². The standard InChI is InChI=1S/C15H22N2O2S/c1-11-8-13-9-12(10-14-4-3-7-16-14)5-6-15(13)17(11)20(2,18)19/h5-6,9,11,14,16H,3-4,7-8,10H2,1-2H3. The second-order valence-corrected chi connectivity index (χ2v) is 7.93. The quantitative estimate of drug-likeness (QED) is 0.923. The highest BCUT2D eigenvalue weighted by Crippen LogP contribution is 2.35. The van der Waals surface area contributed by atoms with Crippen LogP contribution in [0.25, 0.3) is 0 Å². The minimum atomic E-state index is -3.18. The lowest BCUT2D eigenvalue weighted by molar-refractivity contribution is 0.590. The molecule has 1 N–H and O–H groups in total. The van der Waals surface area contributed by atoms with Gasteiger partial charge in [-0.3, -0.25) is 4.31 Å². The van der Waals surface area contributed by atoms with Gasteiger partial charge in [0.05, 0.1) is 11.9 Å². The van der Waals surface area contributed by atoms with Crippen molar-refractivity contribution in [2.45, 2.75) is 44.7 Å². The fraction of sp³-hybridized carbons (Fsp3) is 0.600. The molecule has 3 rings (SSSR count). The maximum atomic E-state index is 11.9. The van der Waals surface area contributed by atoms with E-state index in [0.717, 1.165) is 25.1 Å². The molecule has 2 heterocycles. The molecule has 0 radical (unpaired) electrons. The third-order valence-corrected chi connectivity index (χ3v) is 5.57. The van der Waals surface area contributed by atoms with Gasteiger partial charge in [-0.05, 0) is 56.3 Å². The van der Waals surface area contributed by atoms with Gasteiger partial charge < -0.3 is 5.32 Å². The summed E-state index contributed by atoms with van der Waals surface area (Å²) in [5.74, 6) is 0. The number of nitrogens with one attached hydrogen (secondary N) is 1. The average Bonchev–Trinajstić information content (AvgIpc) is 2.93. The van der Waals surface area contributed by atoms with E-state index in [1.54, 1.807) is 4.31 Å². The second-order valence-electron chi connectivity index (χ2n) is 6.07. The van der Waals surface area contributed by atoms with Gasteiger partial charge in [-0.1, -0.05) is 12.1 Å². The summed E-state index contributed by atoms with van der Waals surface area (Å²) in [5.41, 5.74) is 3.34. The summed E-state index contributed by atoms with van der Waals surface area (Å²) in [6.45, 7) is 3.09. The fourth-order valence-electron chi connectivity index (χ4n) is 3.50. The summed E-state index contributed by atoms with van der Waals surface area (Å²) in [6.07, 6.45) is 5.64. The Balaban J connectivity index is 1.86. The first kappa shape index (κ1) is 13.9. The van der Waals surface area contributed by atoms with Crippen LogP contribution in [0.4, 0.5) is 5.69 Å². The van der Waals surface area contributed by atoms with Crippen LogP contribution >= 0.6 is 0 Å². The van der Waals surface area contributed by atoms with E-state index in [1.807, 2.05) is 13.0 Å². The van der Waals surface area contributed by atoms with Crippen molar-refractivity contribution < 1.29 is 8.42 Å². The molecule has 0 spiro atoms. The Labute approximate surface area is 121 Å². The van der Waals surface area contributed by atoms with E-state index in [0.29, 0.717) is 6.04 Å². The minimum Gasteiger partial charge on any atom is -0.314 e. The Morgan fingerprint density at radius 3 is 2.85 bits per heavy atom. The molecule has 1 aromatic carbocycles. The van der Waals surface area contributed by atoms with Crippen molar-refractivity contribution in [1.29, 1.82) is 0 Å². The van der Waals surface area contributed by atoms with Crippen LogP contribution in [0.5, 0.6) is 0 Å². The Morgan fingerprint density at radius 2 is 2.20 bits per heavy atom. The highest BCUT2D eigenvalue weighted by atomic mass is 32.2. The van der Waals surface area contributed by atoms with Gasteiger partial charge in [-0.25, -0.2) is 8.42 Å². The third-order valence-electron chi connectivity index (χ3n) is 4.30. The highest BCUT2D eigenvalue weighted by Gasteiger charge is 2.32. The van der Waals surface area contributed by atoms with Crippen LogP contribution in [0.2, 0.25) is 0 Å². The number of nitrogens with zero attached hydrogens (tertiary/aromatic N) is 1. The fourth-order valence-corrected chi connectivity index (χ4v) is 4.77. The maximum absolute atomic E-state index is 11.9. The average molecular weight is 294 g/mol. The smallest absolute Gasteiger partial charge is 0.232 e. The van der Waals surface area contributed by atoms with Crippen molar-refractivity contribution in [3.8, 4) is 0 Å². The van der Waals surface area contributed by atoms with E-state index in [-0.39, 0.29) is 6.04 Å². The van der Waals surface area contributed by atoms with Crippen molar-refractivity contribution in [3.05, 3.63) is 29.3 Å². The number of hydrogen-bond acceptors (Lipinski definition) is 3. The predicted molar refractivity (Wildman–Crippen MR) is 81.7 cm³/mol.